The molecule has 4 rings (SSSR count). The Balaban J connectivity index is 1.67. The third kappa shape index (κ3) is 4.04. The molecule has 1 aliphatic rings. The van der Waals surface area contributed by atoms with Crippen molar-refractivity contribution in [3.05, 3.63) is 35.4 Å². The molecule has 1 saturated heterocycles. The van der Waals surface area contributed by atoms with E-state index in [-0.39, 0.29) is 11.8 Å². The number of likely N-dealkylation sites (N-methyl/N-ethyl adjacent to an activating group) is 1. The number of aromatic nitrogens is 4. The van der Waals surface area contributed by atoms with Crippen LogP contribution in [-0.4, -0.2) is 58.0 Å². The van der Waals surface area contributed by atoms with Gasteiger partial charge in [0, 0.05) is 18.2 Å². The Morgan fingerprint density at radius 3 is 2.70 bits per heavy atom. The van der Waals surface area contributed by atoms with E-state index in [4.69, 9.17) is 4.74 Å². The molecule has 0 radical (unpaired) electrons. The number of likely N-dealkylation sites (tertiary alicyclic amines) is 1. The molecule has 1 N–H and O–H groups in total. The number of anilines is 1. The molecule has 2 aromatic heterocycles. The predicted octanol–water partition coefficient (Wildman–Crippen LogP) is 3.63. The van der Waals surface area contributed by atoms with Crippen molar-refractivity contribution in [3.8, 4) is 17.0 Å². The summed E-state index contributed by atoms with van der Waals surface area (Å²) >= 11 is 0. The maximum atomic E-state index is 13.1. The molecule has 1 aromatic carbocycles. The zero-order valence-electron chi connectivity index (χ0n) is 17.0. The fourth-order valence-electron chi connectivity index (χ4n) is 3.85. The second-order valence-electron chi connectivity index (χ2n) is 7.62. The molecule has 0 bridgehead atoms. The van der Waals surface area contributed by atoms with Gasteiger partial charge in [-0.15, -0.1) is 14.8 Å². The van der Waals surface area contributed by atoms with Gasteiger partial charge in [0.1, 0.15) is 5.75 Å². The van der Waals surface area contributed by atoms with Gasteiger partial charge < -0.3 is 15.0 Å². The second kappa shape index (κ2) is 7.75. The first-order chi connectivity index (χ1) is 14.2. The quantitative estimate of drug-likeness (QED) is 0.695. The molecule has 3 heterocycles. The van der Waals surface area contributed by atoms with Crippen molar-refractivity contribution >= 4 is 11.6 Å². The van der Waals surface area contributed by atoms with Crippen LogP contribution < -0.4 is 10.1 Å². The van der Waals surface area contributed by atoms with Gasteiger partial charge >= 0.3 is 6.18 Å². The normalized spacial score (nSPS) is 18.0. The van der Waals surface area contributed by atoms with Crippen LogP contribution in [0.25, 0.3) is 16.9 Å². The summed E-state index contributed by atoms with van der Waals surface area (Å²) < 4.78 is 46.1. The van der Waals surface area contributed by atoms with Gasteiger partial charge in [-0.3, -0.25) is 0 Å². The Labute approximate surface area is 171 Å². The molecule has 3 aromatic rings. The van der Waals surface area contributed by atoms with Crippen molar-refractivity contribution < 1.29 is 17.9 Å². The Hall–Kier alpha value is -2.88. The van der Waals surface area contributed by atoms with E-state index in [1.807, 2.05) is 0 Å². The lowest BCUT2D eigenvalue weighted by Crippen LogP contribution is -2.39. The molecule has 1 aliphatic heterocycles. The van der Waals surface area contributed by atoms with Crippen LogP contribution in [0, 0.1) is 6.92 Å². The largest absolute Gasteiger partial charge is 0.496 e. The minimum Gasteiger partial charge on any atom is -0.496 e. The van der Waals surface area contributed by atoms with E-state index < -0.39 is 11.7 Å². The van der Waals surface area contributed by atoms with Crippen LogP contribution in [0.1, 0.15) is 24.0 Å². The number of methoxy groups -OCH3 is 1. The topological polar surface area (TPSA) is 67.6 Å². The second-order valence-corrected chi connectivity index (χ2v) is 7.62. The van der Waals surface area contributed by atoms with Crippen molar-refractivity contribution in [2.45, 2.75) is 32.0 Å². The molecular formula is C20H23F3N6O. The lowest BCUT2D eigenvalue weighted by atomic mass is 10.0. The molecule has 1 atom stereocenters. The van der Waals surface area contributed by atoms with Crippen molar-refractivity contribution in [1.82, 2.24) is 24.7 Å². The van der Waals surface area contributed by atoms with E-state index in [1.165, 1.54) is 11.7 Å². The lowest BCUT2D eigenvalue weighted by molar-refractivity contribution is -0.137. The number of fused-ring (bicyclic) bond motifs is 1. The van der Waals surface area contributed by atoms with Crippen LogP contribution in [0.15, 0.2) is 24.3 Å². The number of benzene rings is 1. The number of nitrogens with zero attached hydrogens (tertiary/aromatic N) is 5. The average Bonchev–Trinajstić information content (AvgIpc) is 3.07. The van der Waals surface area contributed by atoms with Gasteiger partial charge in [-0.05, 0) is 63.2 Å². The number of aryl methyl sites for hydroxylation is 1. The van der Waals surface area contributed by atoms with Crippen molar-refractivity contribution in [2.24, 2.45) is 0 Å². The third-order valence-electron chi connectivity index (χ3n) is 5.27. The number of hydrogen-bond acceptors (Lipinski definition) is 6. The smallest absolute Gasteiger partial charge is 0.416 e. The van der Waals surface area contributed by atoms with E-state index in [0.29, 0.717) is 28.4 Å². The monoisotopic (exact) mass is 420 g/mol. The SMILES string of the molecule is COc1cc(C(F)(F)F)cc(C)c1-c1ccc2nc(NC3CCCN(C)C3)nn2n1. The molecule has 1 fully saturated rings. The Morgan fingerprint density at radius 1 is 1.20 bits per heavy atom. The van der Waals surface area contributed by atoms with Crippen molar-refractivity contribution in [3.63, 3.8) is 0 Å². The van der Waals surface area contributed by atoms with Gasteiger partial charge in [0.05, 0.1) is 18.4 Å². The van der Waals surface area contributed by atoms with E-state index in [2.05, 4.69) is 32.4 Å². The van der Waals surface area contributed by atoms with Crippen molar-refractivity contribution in [1.29, 1.82) is 0 Å². The van der Waals surface area contributed by atoms with Crippen LogP contribution in [-0.2, 0) is 6.18 Å². The molecule has 1 unspecified atom stereocenters. The highest BCUT2D eigenvalue weighted by Crippen LogP contribution is 2.38. The van der Waals surface area contributed by atoms with E-state index in [0.717, 1.165) is 38.1 Å². The van der Waals surface area contributed by atoms with E-state index in [9.17, 15) is 13.2 Å². The molecule has 10 heteroatoms. The summed E-state index contributed by atoms with van der Waals surface area (Å²) in [6.45, 7) is 3.60. The molecule has 30 heavy (non-hydrogen) atoms. The zero-order valence-corrected chi connectivity index (χ0v) is 17.0. The predicted molar refractivity (Wildman–Crippen MR) is 107 cm³/mol. The van der Waals surface area contributed by atoms with Gasteiger partial charge in [-0.1, -0.05) is 0 Å². The van der Waals surface area contributed by atoms with Gasteiger partial charge in [-0.25, -0.2) is 0 Å². The molecule has 0 saturated carbocycles. The van der Waals surface area contributed by atoms with E-state index >= 15 is 0 Å². The van der Waals surface area contributed by atoms with Gasteiger partial charge in [0.2, 0.25) is 5.95 Å². The summed E-state index contributed by atoms with van der Waals surface area (Å²) in [4.78, 5) is 6.71. The Morgan fingerprint density at radius 2 is 2.00 bits per heavy atom. The first-order valence-electron chi connectivity index (χ1n) is 9.70. The maximum Gasteiger partial charge on any atom is 0.416 e. The fraction of sp³-hybridized carbons (Fsp3) is 0.450. The molecule has 0 spiro atoms. The Bertz CT molecular complexity index is 1060. The molecular weight excluding hydrogens is 397 g/mol. The average molecular weight is 420 g/mol. The lowest BCUT2D eigenvalue weighted by Gasteiger charge is -2.29. The summed E-state index contributed by atoms with van der Waals surface area (Å²) in [5, 5.41) is 12.2. The van der Waals surface area contributed by atoms with Crippen LogP contribution in [0.5, 0.6) is 5.75 Å². The molecule has 0 amide bonds. The van der Waals surface area contributed by atoms with Crippen LogP contribution in [0.2, 0.25) is 0 Å². The number of nitrogens with one attached hydrogen (secondary N) is 1. The highest BCUT2D eigenvalue weighted by Gasteiger charge is 2.32. The summed E-state index contributed by atoms with van der Waals surface area (Å²) in [5.41, 5.74) is 1.16. The van der Waals surface area contributed by atoms with Gasteiger partial charge in [0.25, 0.3) is 0 Å². The zero-order chi connectivity index (χ0) is 21.5. The van der Waals surface area contributed by atoms with Crippen LogP contribution in [0.3, 0.4) is 0 Å². The van der Waals surface area contributed by atoms with Gasteiger partial charge in [0.15, 0.2) is 5.65 Å². The molecule has 7 nitrogen and oxygen atoms in total. The maximum absolute atomic E-state index is 13.1. The minimum atomic E-state index is -4.45. The van der Waals surface area contributed by atoms with Gasteiger partial charge in [-0.2, -0.15) is 18.2 Å². The number of alkyl halides is 3. The fourth-order valence-corrected chi connectivity index (χ4v) is 3.85. The number of piperidine rings is 1. The Kier molecular flexibility index (Phi) is 5.27. The molecule has 0 aliphatic carbocycles. The highest BCUT2D eigenvalue weighted by molar-refractivity contribution is 5.72. The standard InChI is InChI=1S/C20H23F3N6O/c1-12-9-13(20(21,22)23)10-16(30-3)18(12)15-6-7-17-25-19(27-29(17)26-15)24-14-5-4-8-28(2)11-14/h6-7,9-10,14H,4-5,8,11H2,1-3H3,(H,24,27). The number of hydrogen-bond donors (Lipinski definition) is 1. The van der Waals surface area contributed by atoms with Crippen LogP contribution in [0.4, 0.5) is 19.1 Å². The number of rotatable bonds is 4. The minimum absolute atomic E-state index is 0.109. The summed E-state index contributed by atoms with van der Waals surface area (Å²) in [6.07, 6.45) is -2.30. The summed E-state index contributed by atoms with van der Waals surface area (Å²) in [5.74, 6) is 0.592. The summed E-state index contributed by atoms with van der Waals surface area (Å²) in [6, 6.07) is 5.79. The summed E-state index contributed by atoms with van der Waals surface area (Å²) in [7, 11) is 3.42. The van der Waals surface area contributed by atoms with Crippen molar-refractivity contribution in [2.75, 3.05) is 32.6 Å². The molecule has 160 valence electrons. The number of ether oxygens (including phenoxy) is 1. The first kappa shape index (κ1) is 20.4. The first-order valence-corrected chi connectivity index (χ1v) is 9.70. The van der Waals surface area contributed by atoms with Crippen LogP contribution >= 0.6 is 0 Å². The number of halogens is 3. The van der Waals surface area contributed by atoms with E-state index in [1.54, 1.807) is 19.1 Å². The highest BCUT2D eigenvalue weighted by atomic mass is 19.4. The third-order valence-corrected chi connectivity index (χ3v) is 5.27.